The van der Waals surface area contributed by atoms with E-state index in [0.717, 1.165) is 22.1 Å². The number of carbonyl (C=O) groups excluding carboxylic acids is 1. The molecule has 2 aromatic rings. The van der Waals surface area contributed by atoms with Crippen molar-refractivity contribution in [2.75, 3.05) is 5.73 Å². The molecule has 0 saturated heterocycles. The van der Waals surface area contributed by atoms with E-state index in [9.17, 15) is 9.90 Å². The normalized spacial score (nSPS) is 11.1. The number of benzene rings is 3. The van der Waals surface area contributed by atoms with Crippen LogP contribution >= 0.6 is 0 Å². The Hall–Kier alpha value is -3.60. The highest BCUT2D eigenvalue weighted by Crippen LogP contribution is 2.41. The lowest BCUT2D eigenvalue weighted by atomic mass is 9.90. The molecule has 0 aromatic heterocycles. The highest BCUT2D eigenvalue weighted by molar-refractivity contribution is 6.07. The van der Waals surface area contributed by atoms with Gasteiger partial charge < -0.3 is 25.5 Å². The molecule has 5 nitrogen and oxygen atoms in total. The van der Waals surface area contributed by atoms with E-state index < -0.39 is 5.97 Å². The largest absolute Gasteiger partial charge is 0.545 e. The van der Waals surface area contributed by atoms with E-state index in [-0.39, 0.29) is 5.56 Å². The van der Waals surface area contributed by atoms with Crippen LogP contribution in [-0.4, -0.2) is 5.97 Å². The molecule has 0 unspecified atom stereocenters. The fourth-order valence-corrected chi connectivity index (χ4v) is 3.24. The van der Waals surface area contributed by atoms with E-state index in [2.05, 4.69) is 0 Å². The molecule has 5 heteroatoms. The summed E-state index contributed by atoms with van der Waals surface area (Å²) >= 11 is 0. The molecular weight excluding hydrogens is 328 g/mol. The zero-order valence-electron chi connectivity index (χ0n) is 14.0. The summed E-state index contributed by atoms with van der Waals surface area (Å²) in [5.74, 6) is -0.742. The summed E-state index contributed by atoms with van der Waals surface area (Å²) in [5.41, 5.74) is 9.90. The number of hydrogen-bond donors (Lipinski definition) is 2. The maximum atomic E-state index is 11.7. The van der Waals surface area contributed by atoms with E-state index in [1.165, 1.54) is 0 Å². The second-order valence-corrected chi connectivity index (χ2v) is 6.28. The molecule has 1 aliphatic carbocycles. The SMILES string of the molecule is Cc1ccc(-c2c3ccc(=N)cc-3oc3cc(N)ccc23)c(C(=O)[O-])c1. The van der Waals surface area contributed by atoms with Crippen LogP contribution in [0.1, 0.15) is 15.9 Å². The first kappa shape index (κ1) is 15.9. The van der Waals surface area contributed by atoms with Crippen molar-refractivity contribution in [3.8, 4) is 22.5 Å². The van der Waals surface area contributed by atoms with Crippen molar-refractivity contribution in [2.45, 2.75) is 6.92 Å². The predicted octanol–water partition coefficient (Wildman–Crippen LogP) is 2.94. The van der Waals surface area contributed by atoms with E-state index in [1.807, 2.05) is 19.1 Å². The quantitative estimate of drug-likeness (QED) is 0.431. The molecule has 128 valence electrons. The molecule has 0 atom stereocenters. The van der Waals surface area contributed by atoms with Crippen molar-refractivity contribution in [2.24, 2.45) is 0 Å². The lowest BCUT2D eigenvalue weighted by Gasteiger charge is -2.19. The number of carboxylic acid groups (broad SMARTS) is 1. The third-order valence-electron chi connectivity index (χ3n) is 4.41. The van der Waals surface area contributed by atoms with Gasteiger partial charge in [0.25, 0.3) is 0 Å². The summed E-state index contributed by atoms with van der Waals surface area (Å²) < 4.78 is 5.93. The minimum absolute atomic E-state index is 0.116. The summed E-state index contributed by atoms with van der Waals surface area (Å²) in [6.07, 6.45) is 0. The zero-order chi connectivity index (χ0) is 18.4. The van der Waals surface area contributed by atoms with Gasteiger partial charge in [0.1, 0.15) is 11.3 Å². The van der Waals surface area contributed by atoms with Crippen LogP contribution in [0.3, 0.4) is 0 Å². The molecule has 26 heavy (non-hydrogen) atoms. The second-order valence-electron chi connectivity index (χ2n) is 6.28. The van der Waals surface area contributed by atoms with Gasteiger partial charge in [-0.05, 0) is 42.8 Å². The molecule has 0 fully saturated rings. The summed E-state index contributed by atoms with van der Waals surface area (Å²) in [7, 11) is 0. The fourth-order valence-electron chi connectivity index (χ4n) is 3.24. The minimum Gasteiger partial charge on any atom is -0.545 e. The average molecular weight is 343 g/mol. The maximum absolute atomic E-state index is 11.7. The first-order chi connectivity index (χ1) is 12.4. The highest BCUT2D eigenvalue weighted by atomic mass is 16.4. The average Bonchev–Trinajstić information content (AvgIpc) is 2.59. The van der Waals surface area contributed by atoms with E-state index in [4.69, 9.17) is 15.6 Å². The molecule has 1 aliphatic heterocycles. The Balaban J connectivity index is 2.21. The van der Waals surface area contributed by atoms with Crippen LogP contribution in [0, 0.1) is 12.3 Å². The zero-order valence-corrected chi connectivity index (χ0v) is 14.0. The number of aromatic carboxylic acids is 1. The number of carboxylic acids is 1. The van der Waals surface area contributed by atoms with Crippen LogP contribution in [0.15, 0.2) is 59.0 Å². The van der Waals surface area contributed by atoms with Gasteiger partial charge in [-0.15, -0.1) is 0 Å². The molecule has 3 N–H and O–H groups in total. The number of anilines is 1. The first-order valence-electron chi connectivity index (χ1n) is 8.07. The third kappa shape index (κ3) is 2.50. The van der Waals surface area contributed by atoms with Crippen LogP contribution in [0.5, 0.6) is 0 Å². The van der Waals surface area contributed by atoms with Gasteiger partial charge in [0.05, 0.1) is 11.3 Å². The fraction of sp³-hybridized carbons (Fsp3) is 0.0476. The summed E-state index contributed by atoms with van der Waals surface area (Å²) in [6, 6.07) is 15.5. The topological polar surface area (TPSA) is 103 Å². The molecule has 0 bridgehead atoms. The number of hydrogen-bond acceptors (Lipinski definition) is 5. The van der Waals surface area contributed by atoms with Gasteiger partial charge in [0, 0.05) is 39.9 Å². The number of aryl methyl sites for hydroxylation is 1. The van der Waals surface area contributed by atoms with Gasteiger partial charge in [0.15, 0.2) is 0 Å². The molecule has 0 radical (unpaired) electrons. The Morgan fingerprint density at radius 2 is 1.81 bits per heavy atom. The summed E-state index contributed by atoms with van der Waals surface area (Å²) in [4.78, 5) is 11.7. The molecule has 0 amide bonds. The number of nitrogen functional groups attached to an aromatic ring is 1. The van der Waals surface area contributed by atoms with Gasteiger partial charge in [-0.3, -0.25) is 0 Å². The third-order valence-corrected chi connectivity index (χ3v) is 4.41. The van der Waals surface area contributed by atoms with Crippen LogP contribution in [0.2, 0.25) is 0 Å². The van der Waals surface area contributed by atoms with Crippen molar-refractivity contribution in [1.82, 2.24) is 0 Å². The van der Waals surface area contributed by atoms with Gasteiger partial charge in [-0.2, -0.15) is 0 Å². The lowest BCUT2D eigenvalue weighted by molar-refractivity contribution is -0.254. The lowest BCUT2D eigenvalue weighted by Crippen LogP contribution is -2.23. The van der Waals surface area contributed by atoms with Crippen molar-refractivity contribution < 1.29 is 14.3 Å². The van der Waals surface area contributed by atoms with Crippen molar-refractivity contribution in [3.63, 3.8) is 0 Å². The summed E-state index contributed by atoms with van der Waals surface area (Å²) in [6.45, 7) is 1.83. The number of fused-ring (bicyclic) bond motifs is 2. The van der Waals surface area contributed by atoms with E-state index >= 15 is 0 Å². The maximum Gasteiger partial charge on any atom is 0.137 e. The van der Waals surface area contributed by atoms with E-state index in [1.54, 1.807) is 42.5 Å². The number of nitrogens with two attached hydrogens (primary N) is 1. The monoisotopic (exact) mass is 343 g/mol. The molecule has 2 aliphatic rings. The molecule has 0 saturated carbocycles. The van der Waals surface area contributed by atoms with Crippen molar-refractivity contribution in [1.29, 1.82) is 5.41 Å². The van der Waals surface area contributed by atoms with Gasteiger partial charge >= 0.3 is 0 Å². The molecular formula is C21H15N2O3-. The van der Waals surface area contributed by atoms with Crippen LogP contribution < -0.4 is 16.2 Å². The van der Waals surface area contributed by atoms with Gasteiger partial charge in [-0.25, -0.2) is 0 Å². The van der Waals surface area contributed by atoms with Gasteiger partial charge in [0.2, 0.25) is 0 Å². The Morgan fingerprint density at radius 1 is 1.04 bits per heavy atom. The standard InChI is InChI=1S/C21H16N2O3/c1-11-2-5-14(17(8-11)21(24)25)20-15-6-3-12(22)9-18(15)26-19-10-13(23)4-7-16(19)20/h2-10,22H,23H2,1H3,(H,24,25)/p-1. The van der Waals surface area contributed by atoms with Gasteiger partial charge in [-0.1, -0.05) is 17.7 Å². The Morgan fingerprint density at radius 3 is 2.58 bits per heavy atom. The van der Waals surface area contributed by atoms with Crippen molar-refractivity contribution >= 4 is 22.6 Å². The second kappa shape index (κ2) is 5.74. The smallest absolute Gasteiger partial charge is 0.137 e. The first-order valence-corrected chi connectivity index (χ1v) is 8.07. The van der Waals surface area contributed by atoms with Crippen LogP contribution in [-0.2, 0) is 0 Å². The molecule has 2 aromatic carbocycles. The van der Waals surface area contributed by atoms with Crippen LogP contribution in [0.4, 0.5) is 5.69 Å². The minimum atomic E-state index is -1.24. The highest BCUT2D eigenvalue weighted by Gasteiger charge is 2.19. The number of carbonyl (C=O) groups is 1. The molecule has 0 spiro atoms. The Bertz CT molecular complexity index is 1210. The summed E-state index contributed by atoms with van der Waals surface area (Å²) in [5, 5.41) is 20.6. The van der Waals surface area contributed by atoms with E-state index in [0.29, 0.717) is 28.0 Å². The molecule has 1 heterocycles. The number of nitrogens with one attached hydrogen (secondary N) is 1. The van der Waals surface area contributed by atoms with Crippen LogP contribution in [0.25, 0.3) is 33.4 Å². The Labute approximate surface area is 149 Å². The number of rotatable bonds is 2. The predicted molar refractivity (Wildman–Crippen MR) is 97.6 cm³/mol. The Kier molecular flexibility index (Phi) is 3.51. The van der Waals surface area contributed by atoms with Crippen molar-refractivity contribution in [3.05, 3.63) is 71.1 Å². The molecule has 4 rings (SSSR count).